The van der Waals surface area contributed by atoms with Gasteiger partial charge in [-0.3, -0.25) is 4.57 Å². The lowest BCUT2D eigenvalue weighted by atomic mass is 9.92. The largest absolute Gasteiger partial charge is 0.377 e. The smallest absolute Gasteiger partial charge is 0.362 e. The summed E-state index contributed by atoms with van der Waals surface area (Å²) in [4.78, 5) is 13.1. The first kappa shape index (κ1) is 37.1. The second kappa shape index (κ2) is 14.9. The SMILES string of the molecule is CC1(S(=O)(=O)n2cc(-c3ncc(F)c(N[C@H]4CCC[C@](O)(P(=O)(OCc5ccccc5)OCc5ccccc5)C4)n3)c3cccnc32)C=C(Cl)C=CC1. The van der Waals surface area contributed by atoms with Crippen molar-refractivity contribution in [2.45, 2.75) is 68.4 Å². The number of rotatable bonds is 12. The van der Waals surface area contributed by atoms with Gasteiger partial charge in [0.05, 0.1) is 19.4 Å². The first-order valence-electron chi connectivity index (χ1n) is 17.1. The summed E-state index contributed by atoms with van der Waals surface area (Å²) in [5.41, 5.74) is 1.99. The Balaban J connectivity index is 1.17. The summed E-state index contributed by atoms with van der Waals surface area (Å²) in [6.45, 7) is 1.49. The molecule has 2 aromatic carbocycles. The molecule has 1 fully saturated rings. The second-order valence-corrected chi connectivity index (χ2v) is 18.5. The van der Waals surface area contributed by atoms with Gasteiger partial charge in [-0.1, -0.05) is 78.3 Å². The van der Waals surface area contributed by atoms with E-state index in [4.69, 9.17) is 20.6 Å². The fourth-order valence-electron chi connectivity index (χ4n) is 6.74. The molecule has 3 heterocycles. The van der Waals surface area contributed by atoms with Crippen molar-refractivity contribution in [1.29, 1.82) is 0 Å². The van der Waals surface area contributed by atoms with Gasteiger partial charge in [0.2, 0.25) is 10.0 Å². The average Bonchev–Trinajstić information content (AvgIpc) is 3.55. The molecule has 3 atom stereocenters. The fraction of sp³-hybridized carbons (Fsp3) is 0.289. The average molecular weight is 778 g/mol. The number of nitrogens with one attached hydrogen (secondary N) is 1. The van der Waals surface area contributed by atoms with E-state index < -0.39 is 39.6 Å². The zero-order valence-corrected chi connectivity index (χ0v) is 31.3. The van der Waals surface area contributed by atoms with Crippen LogP contribution in [0, 0.1) is 5.82 Å². The third-order valence-corrected chi connectivity index (χ3v) is 14.5. The number of allylic oxidation sites excluding steroid dienone is 3. The summed E-state index contributed by atoms with van der Waals surface area (Å²) in [7, 11) is -8.31. The molecule has 1 unspecified atom stereocenters. The summed E-state index contributed by atoms with van der Waals surface area (Å²) < 4.78 is 70.0. The molecule has 0 aliphatic heterocycles. The van der Waals surface area contributed by atoms with E-state index in [-0.39, 0.29) is 49.8 Å². The quantitative estimate of drug-likeness (QED) is 0.119. The highest BCUT2D eigenvalue weighted by Gasteiger charge is 2.52. The number of aliphatic hydroxyl groups is 1. The Hall–Kier alpha value is -4.23. The summed E-state index contributed by atoms with van der Waals surface area (Å²) in [6, 6.07) is 21.2. The summed E-state index contributed by atoms with van der Waals surface area (Å²) >= 11 is 6.23. The molecule has 2 aliphatic carbocycles. The number of benzene rings is 2. The van der Waals surface area contributed by atoms with Crippen LogP contribution in [0.25, 0.3) is 22.4 Å². The normalized spacial score (nSPS) is 22.1. The maximum Gasteiger partial charge on any atom is 0.362 e. The number of nitrogens with zero attached hydrogens (tertiary/aromatic N) is 4. The van der Waals surface area contributed by atoms with Crippen LogP contribution in [-0.2, 0) is 36.8 Å². The highest BCUT2D eigenvalue weighted by Crippen LogP contribution is 2.64. The molecule has 0 amide bonds. The van der Waals surface area contributed by atoms with E-state index in [9.17, 15) is 18.1 Å². The van der Waals surface area contributed by atoms with Crippen LogP contribution in [0.15, 0.2) is 115 Å². The highest BCUT2D eigenvalue weighted by atomic mass is 35.5. The van der Waals surface area contributed by atoms with Crippen LogP contribution < -0.4 is 5.32 Å². The monoisotopic (exact) mass is 777 g/mol. The van der Waals surface area contributed by atoms with Crippen LogP contribution in [0.5, 0.6) is 0 Å². The van der Waals surface area contributed by atoms with Crippen LogP contribution in [0.4, 0.5) is 10.2 Å². The Morgan fingerprint density at radius 3 is 2.38 bits per heavy atom. The van der Waals surface area contributed by atoms with Gasteiger partial charge in [-0.2, -0.15) is 0 Å². The third kappa shape index (κ3) is 7.47. The minimum atomic E-state index is -4.21. The first-order valence-corrected chi connectivity index (χ1v) is 20.5. The van der Waals surface area contributed by atoms with E-state index in [1.807, 2.05) is 60.7 Å². The molecule has 5 aromatic rings. The molecule has 53 heavy (non-hydrogen) atoms. The summed E-state index contributed by atoms with van der Waals surface area (Å²) in [5, 5.41) is 14.0. The lowest BCUT2D eigenvalue weighted by molar-refractivity contribution is 0.0283. The van der Waals surface area contributed by atoms with Gasteiger partial charge in [0.1, 0.15) is 4.75 Å². The van der Waals surface area contributed by atoms with Gasteiger partial charge in [-0.15, -0.1) is 0 Å². The van der Waals surface area contributed by atoms with Gasteiger partial charge in [-0.25, -0.2) is 31.7 Å². The zero-order chi connectivity index (χ0) is 37.3. The number of aromatic nitrogens is 4. The predicted molar refractivity (Wildman–Crippen MR) is 202 cm³/mol. The van der Waals surface area contributed by atoms with E-state index in [1.165, 1.54) is 18.5 Å². The van der Waals surface area contributed by atoms with Gasteiger partial charge in [0.25, 0.3) is 0 Å². The maximum absolute atomic E-state index is 15.4. The lowest BCUT2D eigenvalue weighted by Crippen LogP contribution is -2.41. The standard InChI is InChI=1S/C38H38ClFN5O6PS/c1-37(18-8-15-29(39)21-37)53(48,49)45-24-32(31-17-10-20-41-36(31)45)34-42-23-33(40)35(44-34)43-30-16-9-19-38(46,22-30)52(47,50-25-27-11-4-2-5-12-27)51-26-28-13-6-3-7-14-28/h2-8,10-15,17,20-21,23-24,30,46H,9,16,18-19,22,25-26H2,1H3,(H,42,43,44)/t30-,37?,38-/m0/s1. The Kier molecular flexibility index (Phi) is 10.4. The minimum Gasteiger partial charge on any atom is -0.377 e. The zero-order valence-electron chi connectivity index (χ0n) is 28.8. The molecular weight excluding hydrogens is 740 g/mol. The maximum atomic E-state index is 15.4. The molecule has 0 radical (unpaired) electrons. The van der Waals surface area contributed by atoms with Crippen LogP contribution in [0.3, 0.4) is 0 Å². The lowest BCUT2D eigenvalue weighted by Gasteiger charge is -2.40. The van der Waals surface area contributed by atoms with Gasteiger partial charge in [-0.05, 0) is 68.0 Å². The number of halogens is 2. The van der Waals surface area contributed by atoms with Gasteiger partial charge in [0.15, 0.2) is 28.4 Å². The Morgan fingerprint density at radius 1 is 1.04 bits per heavy atom. The molecule has 0 saturated heterocycles. The third-order valence-electron chi connectivity index (χ3n) is 9.65. The van der Waals surface area contributed by atoms with E-state index in [0.717, 1.165) is 21.3 Å². The molecule has 276 valence electrons. The number of hydrogen-bond donors (Lipinski definition) is 2. The molecule has 0 bridgehead atoms. The van der Waals surface area contributed by atoms with Crippen molar-refractivity contribution in [3.8, 4) is 11.4 Å². The second-order valence-electron chi connectivity index (χ2n) is 13.5. The molecule has 1 saturated carbocycles. The molecule has 3 aromatic heterocycles. The number of anilines is 1. The fourth-order valence-corrected chi connectivity index (χ4v) is 10.9. The van der Waals surface area contributed by atoms with Crippen molar-refractivity contribution in [2.75, 3.05) is 5.32 Å². The number of hydrogen-bond acceptors (Lipinski definition) is 10. The summed E-state index contributed by atoms with van der Waals surface area (Å²) in [6.07, 6.45) is 9.92. The molecule has 0 spiro atoms. The van der Waals surface area contributed by atoms with Crippen molar-refractivity contribution < 1.29 is 31.5 Å². The minimum absolute atomic E-state index is 0.0471. The number of fused-ring (bicyclic) bond motifs is 1. The molecule has 11 nitrogen and oxygen atoms in total. The summed E-state index contributed by atoms with van der Waals surface area (Å²) in [5.74, 6) is -0.874. The molecule has 2 aliphatic rings. The Bertz CT molecular complexity index is 2300. The van der Waals surface area contributed by atoms with E-state index in [2.05, 4.69) is 20.3 Å². The van der Waals surface area contributed by atoms with E-state index in [0.29, 0.717) is 28.8 Å². The van der Waals surface area contributed by atoms with Crippen molar-refractivity contribution in [3.63, 3.8) is 0 Å². The first-order chi connectivity index (χ1) is 25.4. The van der Waals surface area contributed by atoms with E-state index >= 15 is 4.39 Å². The van der Waals surface area contributed by atoms with Crippen molar-refractivity contribution in [3.05, 3.63) is 132 Å². The van der Waals surface area contributed by atoms with Gasteiger partial charge >= 0.3 is 7.60 Å². The molecule has 2 N–H and O–H groups in total. The van der Waals surface area contributed by atoms with Crippen LogP contribution in [0.1, 0.15) is 50.2 Å². The van der Waals surface area contributed by atoms with Crippen molar-refractivity contribution in [2.24, 2.45) is 0 Å². The molecule has 7 rings (SSSR count). The van der Waals surface area contributed by atoms with Crippen molar-refractivity contribution in [1.82, 2.24) is 18.9 Å². The Morgan fingerprint density at radius 2 is 1.72 bits per heavy atom. The topological polar surface area (TPSA) is 146 Å². The van der Waals surface area contributed by atoms with Crippen LogP contribution in [0.2, 0.25) is 0 Å². The van der Waals surface area contributed by atoms with E-state index in [1.54, 1.807) is 31.2 Å². The van der Waals surface area contributed by atoms with Crippen molar-refractivity contribution >= 4 is 46.1 Å². The van der Waals surface area contributed by atoms with Crippen LogP contribution in [-0.4, -0.2) is 48.6 Å². The van der Waals surface area contributed by atoms with Gasteiger partial charge in [0, 0.05) is 40.8 Å². The molecule has 15 heteroatoms. The van der Waals surface area contributed by atoms with Crippen LogP contribution >= 0.6 is 19.2 Å². The highest BCUT2D eigenvalue weighted by molar-refractivity contribution is 7.91. The number of pyridine rings is 1. The van der Waals surface area contributed by atoms with Gasteiger partial charge < -0.3 is 19.5 Å². The Labute approximate surface area is 312 Å². The predicted octanol–water partition coefficient (Wildman–Crippen LogP) is 8.32. The molecular formula is C38H38ClFN5O6PS.